The van der Waals surface area contributed by atoms with E-state index in [0.29, 0.717) is 6.42 Å². The first-order valence-corrected chi connectivity index (χ1v) is 6.99. The number of nitrogens with zero attached hydrogens (tertiary/aromatic N) is 1. The Kier molecular flexibility index (Phi) is 5.69. The number of aryl methyl sites for hydroxylation is 1. The highest BCUT2D eigenvalue weighted by Gasteiger charge is 2.27. The van der Waals surface area contributed by atoms with Crippen LogP contribution in [0, 0.1) is 12.8 Å². The van der Waals surface area contributed by atoms with Crippen LogP contribution >= 0.6 is 0 Å². The molecule has 0 saturated heterocycles. The zero-order valence-corrected chi connectivity index (χ0v) is 12.8. The first kappa shape index (κ1) is 16.9. The average Bonchev–Trinajstić information content (AvgIpc) is 2.40. The normalized spacial score (nSPS) is 13.8. The predicted octanol–water partition coefficient (Wildman–Crippen LogP) is 1.33. The Labute approximate surface area is 123 Å². The van der Waals surface area contributed by atoms with E-state index in [1.54, 1.807) is 33.0 Å². The predicted molar refractivity (Wildman–Crippen MR) is 79.2 cm³/mol. The number of carbonyl (C=O) groups is 2. The minimum atomic E-state index is -1.08. The van der Waals surface area contributed by atoms with Gasteiger partial charge >= 0.3 is 5.97 Å². The minimum Gasteiger partial charge on any atom is -0.480 e. The molecule has 2 unspecified atom stereocenters. The number of carbonyl (C=O) groups excluding carboxylic acids is 1. The van der Waals surface area contributed by atoms with Gasteiger partial charge in [0.1, 0.15) is 12.1 Å². The van der Waals surface area contributed by atoms with Gasteiger partial charge in [-0.2, -0.15) is 0 Å². The molecule has 6 heteroatoms. The van der Waals surface area contributed by atoms with E-state index >= 15 is 0 Å². The molecule has 1 aromatic heterocycles. The van der Waals surface area contributed by atoms with Crippen LogP contribution in [0.15, 0.2) is 23.1 Å². The zero-order valence-electron chi connectivity index (χ0n) is 12.8. The second-order valence-electron chi connectivity index (χ2n) is 5.44. The third-order valence-electron chi connectivity index (χ3n) is 3.34. The van der Waals surface area contributed by atoms with E-state index in [-0.39, 0.29) is 11.5 Å². The van der Waals surface area contributed by atoms with Crippen molar-refractivity contribution in [3.8, 4) is 0 Å². The number of hydrogen-bond acceptors (Lipinski definition) is 3. The zero-order chi connectivity index (χ0) is 16.2. The molecule has 0 radical (unpaired) electrons. The van der Waals surface area contributed by atoms with Gasteiger partial charge in [0.2, 0.25) is 5.91 Å². The van der Waals surface area contributed by atoms with Gasteiger partial charge in [0, 0.05) is 12.3 Å². The van der Waals surface area contributed by atoms with Crippen LogP contribution in [-0.4, -0.2) is 27.6 Å². The molecular formula is C15H22N2O4. The lowest BCUT2D eigenvalue weighted by Crippen LogP contribution is -2.48. The summed E-state index contributed by atoms with van der Waals surface area (Å²) < 4.78 is 1.35. The molecule has 116 valence electrons. The molecule has 0 spiro atoms. The van der Waals surface area contributed by atoms with Crippen LogP contribution in [0.5, 0.6) is 0 Å². The topological polar surface area (TPSA) is 88.4 Å². The number of nitrogens with one attached hydrogen (secondary N) is 1. The first-order valence-electron chi connectivity index (χ1n) is 6.99. The van der Waals surface area contributed by atoms with Crippen LogP contribution in [0.1, 0.15) is 38.8 Å². The summed E-state index contributed by atoms with van der Waals surface area (Å²) in [5.41, 5.74) is 0.582. The molecule has 2 atom stereocenters. The summed E-state index contributed by atoms with van der Waals surface area (Å²) in [7, 11) is 0. The van der Waals surface area contributed by atoms with Crippen molar-refractivity contribution in [1.29, 1.82) is 0 Å². The van der Waals surface area contributed by atoms with Crippen molar-refractivity contribution >= 4 is 11.9 Å². The fourth-order valence-electron chi connectivity index (χ4n) is 2.13. The van der Waals surface area contributed by atoms with E-state index in [0.717, 1.165) is 5.56 Å². The Morgan fingerprint density at radius 3 is 2.43 bits per heavy atom. The highest BCUT2D eigenvalue weighted by Crippen LogP contribution is 2.12. The third kappa shape index (κ3) is 4.18. The lowest BCUT2D eigenvalue weighted by molar-refractivity contribution is -0.143. The molecule has 21 heavy (non-hydrogen) atoms. The average molecular weight is 294 g/mol. The monoisotopic (exact) mass is 294 g/mol. The Hall–Kier alpha value is -2.11. The van der Waals surface area contributed by atoms with Gasteiger partial charge in [-0.3, -0.25) is 9.59 Å². The molecule has 0 aliphatic rings. The number of hydrogen-bond donors (Lipinski definition) is 2. The number of aromatic nitrogens is 1. The van der Waals surface area contributed by atoms with Crippen molar-refractivity contribution in [3.63, 3.8) is 0 Å². The summed E-state index contributed by atoms with van der Waals surface area (Å²) in [4.78, 5) is 35.4. The standard InChI is InChI=1S/C15H22N2O4/c1-5-11(17-8-10(4)6-7-12(17)18)14(19)16-13(9(2)3)15(20)21/h6-9,11,13H,5H2,1-4H3,(H,16,19)(H,20,21). The Morgan fingerprint density at radius 1 is 1.33 bits per heavy atom. The Balaban J connectivity index is 3.04. The minimum absolute atomic E-state index is 0.238. The van der Waals surface area contributed by atoms with Crippen molar-refractivity contribution < 1.29 is 14.7 Å². The highest BCUT2D eigenvalue weighted by atomic mass is 16.4. The lowest BCUT2D eigenvalue weighted by Gasteiger charge is -2.23. The van der Waals surface area contributed by atoms with E-state index in [9.17, 15) is 14.4 Å². The molecule has 0 aliphatic carbocycles. The van der Waals surface area contributed by atoms with Crippen LogP contribution in [0.4, 0.5) is 0 Å². The molecule has 0 aromatic carbocycles. The van der Waals surface area contributed by atoms with Gasteiger partial charge in [-0.25, -0.2) is 4.79 Å². The fraction of sp³-hybridized carbons (Fsp3) is 0.533. The second-order valence-corrected chi connectivity index (χ2v) is 5.44. The van der Waals surface area contributed by atoms with Gasteiger partial charge in [0.05, 0.1) is 0 Å². The van der Waals surface area contributed by atoms with Crippen molar-refractivity contribution in [2.24, 2.45) is 5.92 Å². The SMILES string of the molecule is CCC(C(=O)NC(C(=O)O)C(C)C)n1cc(C)ccc1=O. The van der Waals surface area contributed by atoms with Gasteiger partial charge < -0.3 is 15.0 Å². The summed E-state index contributed by atoms with van der Waals surface area (Å²) in [5, 5.41) is 11.6. The maximum Gasteiger partial charge on any atom is 0.326 e. The quantitative estimate of drug-likeness (QED) is 0.828. The number of carboxylic acids is 1. The molecule has 0 bridgehead atoms. The van der Waals surface area contributed by atoms with Crippen molar-refractivity contribution in [2.75, 3.05) is 0 Å². The molecule has 1 heterocycles. The molecule has 1 amide bonds. The largest absolute Gasteiger partial charge is 0.480 e. The van der Waals surface area contributed by atoms with E-state index < -0.39 is 24.0 Å². The lowest BCUT2D eigenvalue weighted by atomic mass is 10.0. The van der Waals surface area contributed by atoms with Crippen LogP contribution < -0.4 is 10.9 Å². The Morgan fingerprint density at radius 2 is 1.95 bits per heavy atom. The summed E-state index contributed by atoms with van der Waals surface area (Å²) in [5.74, 6) is -1.77. The van der Waals surface area contributed by atoms with Gasteiger partial charge in [-0.1, -0.05) is 26.8 Å². The summed E-state index contributed by atoms with van der Waals surface area (Å²) in [6.45, 7) is 7.05. The molecule has 0 saturated carbocycles. The van der Waals surface area contributed by atoms with E-state index in [4.69, 9.17) is 5.11 Å². The third-order valence-corrected chi connectivity index (χ3v) is 3.34. The first-order chi connectivity index (χ1) is 9.77. The number of amides is 1. The van der Waals surface area contributed by atoms with E-state index in [1.165, 1.54) is 10.6 Å². The van der Waals surface area contributed by atoms with Crippen molar-refractivity contribution in [1.82, 2.24) is 9.88 Å². The Bertz CT molecular complexity index is 577. The van der Waals surface area contributed by atoms with Crippen LogP contribution in [0.25, 0.3) is 0 Å². The van der Waals surface area contributed by atoms with Gasteiger partial charge in [0.15, 0.2) is 0 Å². The van der Waals surface area contributed by atoms with Crippen molar-refractivity contribution in [3.05, 3.63) is 34.2 Å². The maximum atomic E-state index is 12.3. The van der Waals surface area contributed by atoms with E-state index in [2.05, 4.69) is 5.32 Å². The fourth-order valence-corrected chi connectivity index (χ4v) is 2.13. The van der Waals surface area contributed by atoms with Crippen molar-refractivity contribution in [2.45, 2.75) is 46.2 Å². The highest BCUT2D eigenvalue weighted by molar-refractivity contribution is 5.86. The van der Waals surface area contributed by atoms with E-state index in [1.807, 2.05) is 6.92 Å². The van der Waals surface area contributed by atoms with Gasteiger partial charge in [0.25, 0.3) is 5.56 Å². The number of pyridine rings is 1. The van der Waals surface area contributed by atoms with Gasteiger partial charge in [-0.15, -0.1) is 0 Å². The summed E-state index contributed by atoms with van der Waals surface area (Å²) in [6, 6.07) is 1.41. The number of aliphatic carboxylic acids is 1. The smallest absolute Gasteiger partial charge is 0.326 e. The maximum absolute atomic E-state index is 12.3. The molecule has 1 rings (SSSR count). The van der Waals surface area contributed by atoms with Crippen LogP contribution in [0.3, 0.4) is 0 Å². The number of carboxylic acid groups (broad SMARTS) is 1. The van der Waals surface area contributed by atoms with Gasteiger partial charge in [-0.05, 0) is 24.8 Å². The molecule has 1 aromatic rings. The molecule has 0 fully saturated rings. The summed E-state index contributed by atoms with van der Waals surface area (Å²) in [6.07, 6.45) is 2.01. The molecular weight excluding hydrogens is 272 g/mol. The van der Waals surface area contributed by atoms with Crippen LogP contribution in [-0.2, 0) is 9.59 Å². The van der Waals surface area contributed by atoms with Crippen LogP contribution in [0.2, 0.25) is 0 Å². The molecule has 0 aliphatic heterocycles. The molecule has 6 nitrogen and oxygen atoms in total. The summed E-state index contributed by atoms with van der Waals surface area (Å²) >= 11 is 0. The second kappa shape index (κ2) is 7.06. The number of rotatable bonds is 6. The molecule has 2 N–H and O–H groups in total.